The van der Waals surface area contributed by atoms with Gasteiger partial charge in [-0.25, -0.2) is 0 Å². The predicted molar refractivity (Wildman–Crippen MR) is 320 cm³/mol. The monoisotopic (exact) mass is 1030 g/mol. The van der Waals surface area contributed by atoms with Crippen LogP contribution >= 0.6 is 0 Å². The first-order valence-electron chi connectivity index (χ1n) is 30.9. The van der Waals surface area contributed by atoms with Crippen molar-refractivity contribution in [1.29, 1.82) is 0 Å². The molecule has 0 heterocycles. The Morgan fingerprint density at radius 2 is 0.541 bits per heavy atom. The summed E-state index contributed by atoms with van der Waals surface area (Å²) in [6, 6.07) is 0. The van der Waals surface area contributed by atoms with E-state index in [4.69, 9.17) is 14.2 Å². The molecule has 0 aromatic rings. The Labute approximate surface area is 457 Å². The average Bonchev–Trinajstić information content (AvgIpc) is 3.40. The second-order valence-electron chi connectivity index (χ2n) is 20.2. The molecule has 1 atom stereocenters. The summed E-state index contributed by atoms with van der Waals surface area (Å²) in [5, 5.41) is 0. The molecular formula is C68H114O6. The predicted octanol–water partition coefficient (Wildman–Crippen LogP) is 21.0. The Morgan fingerprint density at radius 1 is 0.284 bits per heavy atom. The van der Waals surface area contributed by atoms with Gasteiger partial charge in [0.2, 0.25) is 0 Å². The molecule has 0 aromatic carbocycles. The zero-order chi connectivity index (χ0) is 53.6. The van der Waals surface area contributed by atoms with Crippen LogP contribution in [-0.4, -0.2) is 37.2 Å². The third-order valence-corrected chi connectivity index (χ3v) is 13.0. The SMILES string of the molecule is CC/C=C\C/C=C\C/C=C\C/C=C\CCCCCCCCC(=O)OC(COC(=O)CCCCCCC/C=C\C/C=C\CCCC)COC(=O)CCCCCCCCCC/C=C\C/C=C\C/C=C\CCCCCCC. The van der Waals surface area contributed by atoms with E-state index in [1.165, 1.54) is 103 Å². The van der Waals surface area contributed by atoms with Crippen molar-refractivity contribution in [1.82, 2.24) is 0 Å². The van der Waals surface area contributed by atoms with E-state index in [-0.39, 0.29) is 31.1 Å². The molecule has 422 valence electrons. The van der Waals surface area contributed by atoms with Crippen LogP contribution in [0.1, 0.15) is 284 Å². The second-order valence-corrected chi connectivity index (χ2v) is 20.2. The zero-order valence-electron chi connectivity index (χ0n) is 48.3. The molecule has 0 aliphatic heterocycles. The number of esters is 3. The Morgan fingerprint density at radius 3 is 0.865 bits per heavy atom. The van der Waals surface area contributed by atoms with Crippen molar-refractivity contribution >= 4 is 17.9 Å². The molecule has 0 rings (SSSR count). The highest BCUT2D eigenvalue weighted by atomic mass is 16.6. The highest BCUT2D eigenvalue weighted by Gasteiger charge is 2.19. The van der Waals surface area contributed by atoms with Crippen LogP contribution < -0.4 is 0 Å². The van der Waals surface area contributed by atoms with E-state index in [0.29, 0.717) is 19.3 Å². The molecule has 74 heavy (non-hydrogen) atoms. The maximum Gasteiger partial charge on any atom is 0.306 e. The first-order chi connectivity index (χ1) is 36.5. The van der Waals surface area contributed by atoms with E-state index in [9.17, 15) is 14.4 Å². The van der Waals surface area contributed by atoms with Crippen molar-refractivity contribution in [2.75, 3.05) is 13.2 Å². The number of carbonyl (C=O) groups is 3. The van der Waals surface area contributed by atoms with E-state index < -0.39 is 6.10 Å². The van der Waals surface area contributed by atoms with E-state index in [0.717, 1.165) is 141 Å². The minimum Gasteiger partial charge on any atom is -0.462 e. The van der Waals surface area contributed by atoms with Gasteiger partial charge in [-0.1, -0.05) is 252 Å². The number of unbranched alkanes of at least 4 members (excludes halogenated alkanes) is 26. The topological polar surface area (TPSA) is 78.9 Å². The van der Waals surface area contributed by atoms with Crippen molar-refractivity contribution in [3.05, 3.63) is 109 Å². The number of hydrogen-bond acceptors (Lipinski definition) is 6. The molecule has 0 aliphatic carbocycles. The van der Waals surface area contributed by atoms with Crippen LogP contribution in [0.25, 0.3) is 0 Å². The summed E-state index contributed by atoms with van der Waals surface area (Å²) in [6.45, 7) is 6.46. The van der Waals surface area contributed by atoms with Gasteiger partial charge in [0.05, 0.1) is 0 Å². The summed E-state index contributed by atoms with van der Waals surface area (Å²) in [5.41, 5.74) is 0. The van der Waals surface area contributed by atoms with Crippen molar-refractivity contribution < 1.29 is 28.6 Å². The van der Waals surface area contributed by atoms with E-state index in [2.05, 4.69) is 130 Å². The minimum absolute atomic E-state index is 0.0937. The lowest BCUT2D eigenvalue weighted by molar-refractivity contribution is -0.167. The summed E-state index contributed by atoms with van der Waals surface area (Å²) in [6.07, 6.45) is 83.6. The van der Waals surface area contributed by atoms with Crippen molar-refractivity contribution in [2.24, 2.45) is 0 Å². The molecule has 0 aliphatic rings. The van der Waals surface area contributed by atoms with Crippen molar-refractivity contribution in [3.8, 4) is 0 Å². The van der Waals surface area contributed by atoms with Gasteiger partial charge in [0.25, 0.3) is 0 Å². The number of rotatable bonds is 55. The maximum absolute atomic E-state index is 12.9. The van der Waals surface area contributed by atoms with Gasteiger partial charge >= 0.3 is 17.9 Å². The average molecular weight is 1030 g/mol. The Hall–Kier alpha value is -3.93. The second kappa shape index (κ2) is 61.6. The molecule has 0 radical (unpaired) electrons. The van der Waals surface area contributed by atoms with E-state index in [1.54, 1.807) is 0 Å². The number of ether oxygens (including phenoxy) is 3. The summed E-state index contributed by atoms with van der Waals surface area (Å²) < 4.78 is 16.9. The van der Waals surface area contributed by atoms with Crippen molar-refractivity contribution in [3.63, 3.8) is 0 Å². The van der Waals surface area contributed by atoms with Crippen LogP contribution in [0, 0.1) is 0 Å². The third kappa shape index (κ3) is 59.0. The smallest absolute Gasteiger partial charge is 0.306 e. The Kier molecular flexibility index (Phi) is 58.3. The standard InChI is InChI=1S/C68H114O6/c1-4-7-10-13-16-19-22-25-28-30-32-33-34-35-37-38-40-43-46-49-52-55-58-61-67(70)73-64-65(63-72-66(69)60-57-54-51-48-45-42-27-24-21-18-15-12-9-6-3)74-68(71)62-59-56-53-50-47-44-41-39-36-31-29-26-23-20-17-14-11-8-5-2/h8,11,15,17-18,20,22,24-27,29-30,32,34-36,39,65H,4-7,9-10,12-14,16,19,21,23,28,31,33,37-38,40-64H2,1-3H3/b11-8-,18-15-,20-17-,25-22-,27-24-,29-26-,32-30-,35-34-,39-36-. The summed E-state index contributed by atoms with van der Waals surface area (Å²) in [5.74, 6) is -0.925. The fraction of sp³-hybridized carbons (Fsp3) is 0.691. The van der Waals surface area contributed by atoms with Crippen LogP contribution in [0.15, 0.2) is 109 Å². The van der Waals surface area contributed by atoms with Crippen LogP contribution in [0.2, 0.25) is 0 Å². The third-order valence-electron chi connectivity index (χ3n) is 13.0. The lowest BCUT2D eigenvalue weighted by Gasteiger charge is -2.18. The summed E-state index contributed by atoms with van der Waals surface area (Å²) >= 11 is 0. The zero-order valence-corrected chi connectivity index (χ0v) is 48.3. The molecule has 6 nitrogen and oxygen atoms in total. The van der Waals surface area contributed by atoms with Gasteiger partial charge in [0.15, 0.2) is 6.10 Å². The molecule has 0 saturated heterocycles. The summed E-state index contributed by atoms with van der Waals surface area (Å²) in [7, 11) is 0. The fourth-order valence-electron chi connectivity index (χ4n) is 8.34. The highest BCUT2D eigenvalue weighted by Crippen LogP contribution is 2.15. The Balaban J connectivity index is 4.42. The van der Waals surface area contributed by atoms with Crippen LogP contribution in [0.4, 0.5) is 0 Å². The van der Waals surface area contributed by atoms with Gasteiger partial charge in [0.1, 0.15) is 13.2 Å². The van der Waals surface area contributed by atoms with Gasteiger partial charge in [-0.15, -0.1) is 0 Å². The van der Waals surface area contributed by atoms with Gasteiger partial charge in [-0.05, 0) is 122 Å². The molecule has 0 N–H and O–H groups in total. The van der Waals surface area contributed by atoms with Crippen LogP contribution in [0.5, 0.6) is 0 Å². The lowest BCUT2D eigenvalue weighted by atomic mass is 10.1. The van der Waals surface area contributed by atoms with Gasteiger partial charge < -0.3 is 14.2 Å². The normalized spacial score (nSPS) is 12.9. The molecular weight excluding hydrogens is 913 g/mol. The Bertz CT molecular complexity index is 1510. The molecule has 0 amide bonds. The van der Waals surface area contributed by atoms with E-state index in [1.807, 2.05) is 0 Å². The fourth-order valence-corrected chi connectivity index (χ4v) is 8.34. The van der Waals surface area contributed by atoms with Crippen molar-refractivity contribution in [2.45, 2.75) is 290 Å². The first kappa shape index (κ1) is 70.1. The molecule has 0 fully saturated rings. The van der Waals surface area contributed by atoms with E-state index >= 15 is 0 Å². The largest absolute Gasteiger partial charge is 0.462 e. The number of hydrogen-bond donors (Lipinski definition) is 0. The number of allylic oxidation sites excluding steroid dienone is 18. The maximum atomic E-state index is 12.9. The van der Waals surface area contributed by atoms with Crippen LogP contribution in [0.3, 0.4) is 0 Å². The minimum atomic E-state index is -0.798. The van der Waals surface area contributed by atoms with Gasteiger partial charge in [-0.2, -0.15) is 0 Å². The summed E-state index contributed by atoms with van der Waals surface area (Å²) in [4.78, 5) is 38.3. The molecule has 0 aromatic heterocycles. The van der Waals surface area contributed by atoms with Gasteiger partial charge in [0, 0.05) is 19.3 Å². The quantitative estimate of drug-likeness (QED) is 0.0261. The first-order valence-corrected chi connectivity index (χ1v) is 30.9. The lowest BCUT2D eigenvalue weighted by Crippen LogP contribution is -2.30. The van der Waals surface area contributed by atoms with Gasteiger partial charge in [-0.3, -0.25) is 14.4 Å². The molecule has 0 saturated carbocycles. The molecule has 0 spiro atoms. The number of carbonyl (C=O) groups excluding carboxylic acids is 3. The van der Waals surface area contributed by atoms with Crippen LogP contribution in [-0.2, 0) is 28.6 Å². The molecule has 0 bridgehead atoms. The molecule has 6 heteroatoms. The highest BCUT2D eigenvalue weighted by molar-refractivity contribution is 5.71. The molecule has 1 unspecified atom stereocenters.